The third kappa shape index (κ3) is 1.49. The van der Waals surface area contributed by atoms with Crippen LogP contribution < -0.4 is 0 Å². The molecule has 0 aromatic carbocycles. The van der Waals surface area contributed by atoms with Crippen molar-refractivity contribution in [1.29, 1.82) is 0 Å². The highest BCUT2D eigenvalue weighted by atomic mass is 16.5. The molecule has 2 heterocycles. The van der Waals surface area contributed by atoms with Gasteiger partial charge in [0.2, 0.25) is 0 Å². The molecule has 0 amide bonds. The van der Waals surface area contributed by atoms with Gasteiger partial charge in [0.1, 0.15) is 0 Å². The fraction of sp³-hybridized carbons (Fsp3) is 0.733. The van der Waals surface area contributed by atoms with Crippen LogP contribution in [-0.4, -0.2) is 52.9 Å². The number of methoxy groups -OCH3 is 3. The van der Waals surface area contributed by atoms with Crippen molar-refractivity contribution in [3.8, 4) is 0 Å². The third-order valence-corrected chi connectivity index (χ3v) is 5.03. The average Bonchev–Trinajstić information content (AvgIpc) is 2.99. The Hall–Kier alpha value is -0.680. The first kappa shape index (κ1) is 13.3. The highest BCUT2D eigenvalue weighted by molar-refractivity contribution is 5.35. The topological polar surface area (TPSA) is 36.9 Å². The van der Waals surface area contributed by atoms with Gasteiger partial charge in [-0.15, -0.1) is 0 Å². The second-order valence-corrected chi connectivity index (χ2v) is 5.67. The zero-order valence-corrected chi connectivity index (χ0v) is 11.8. The summed E-state index contributed by atoms with van der Waals surface area (Å²) in [5.74, 6) is 0. The molecule has 0 unspecified atom stereocenters. The molecule has 0 spiro atoms. The molecule has 0 saturated carbocycles. The predicted octanol–water partition coefficient (Wildman–Crippen LogP) is 1.56. The number of ether oxygens (including phenoxy) is 4. The summed E-state index contributed by atoms with van der Waals surface area (Å²) >= 11 is 0. The molecule has 2 aliphatic heterocycles. The molecule has 0 aromatic heterocycles. The molecule has 4 nitrogen and oxygen atoms in total. The maximum atomic E-state index is 6.16. The van der Waals surface area contributed by atoms with Crippen LogP contribution in [-0.2, 0) is 18.9 Å². The van der Waals surface area contributed by atoms with Gasteiger partial charge in [-0.1, -0.05) is 24.3 Å². The van der Waals surface area contributed by atoms with Crippen LogP contribution in [0.5, 0.6) is 0 Å². The van der Waals surface area contributed by atoms with Gasteiger partial charge in [-0.05, 0) is 6.42 Å². The highest BCUT2D eigenvalue weighted by Gasteiger charge is 2.70. The third-order valence-electron chi connectivity index (χ3n) is 5.03. The lowest BCUT2D eigenvalue weighted by Crippen LogP contribution is -2.60. The second kappa shape index (κ2) is 4.70. The molecule has 0 aromatic rings. The number of hydrogen-bond donors (Lipinski definition) is 0. The normalized spacial score (nSPS) is 46.8. The monoisotopic (exact) mass is 266 g/mol. The first-order valence-corrected chi connectivity index (χ1v) is 6.77. The lowest BCUT2D eigenvalue weighted by atomic mass is 9.53. The van der Waals surface area contributed by atoms with Crippen LogP contribution in [0.15, 0.2) is 24.3 Å². The van der Waals surface area contributed by atoms with E-state index in [9.17, 15) is 0 Å². The second-order valence-electron chi connectivity index (χ2n) is 5.67. The Labute approximate surface area is 114 Å². The zero-order chi connectivity index (χ0) is 13.5. The van der Waals surface area contributed by atoms with Crippen LogP contribution in [0.4, 0.5) is 0 Å². The molecule has 1 saturated heterocycles. The minimum absolute atomic E-state index is 0.0440. The van der Waals surface area contributed by atoms with Crippen LogP contribution in [0, 0.1) is 10.8 Å². The van der Waals surface area contributed by atoms with Gasteiger partial charge in [0.15, 0.2) is 0 Å². The smallest absolute Gasteiger partial charge is 0.0886 e. The predicted molar refractivity (Wildman–Crippen MR) is 71.0 cm³/mol. The summed E-state index contributed by atoms with van der Waals surface area (Å²) in [6.07, 6.45) is 9.85. The van der Waals surface area contributed by atoms with Crippen LogP contribution in [0.25, 0.3) is 0 Å². The molecule has 3 aliphatic rings. The van der Waals surface area contributed by atoms with E-state index in [0.717, 1.165) is 6.42 Å². The van der Waals surface area contributed by atoms with E-state index in [4.69, 9.17) is 18.9 Å². The highest BCUT2D eigenvalue weighted by Crippen LogP contribution is 2.62. The van der Waals surface area contributed by atoms with E-state index < -0.39 is 0 Å². The largest absolute Gasteiger partial charge is 0.384 e. The molecule has 3 rings (SSSR count). The first-order chi connectivity index (χ1) is 9.25. The molecule has 1 aliphatic carbocycles. The van der Waals surface area contributed by atoms with E-state index in [0.29, 0.717) is 13.2 Å². The van der Waals surface area contributed by atoms with E-state index >= 15 is 0 Å². The van der Waals surface area contributed by atoms with E-state index in [-0.39, 0.29) is 29.1 Å². The average molecular weight is 266 g/mol. The quantitative estimate of drug-likeness (QED) is 0.708. The van der Waals surface area contributed by atoms with Gasteiger partial charge in [-0.3, -0.25) is 0 Å². The SMILES string of the molecule is COC[C@]12[C@@H]3C=C[C@@H](O3)[C@@]1(COC)C=CC[C@H]2OC. The van der Waals surface area contributed by atoms with Gasteiger partial charge >= 0.3 is 0 Å². The molecule has 0 radical (unpaired) electrons. The standard InChI is InChI=1S/C15H22O4/c1-16-9-14-8-4-5-12(18-3)15(14,10-17-2)13-7-6-11(14)19-13/h4,6-8,11-13H,5,9-10H2,1-3H3/t11-,12-,13+,14+,15+/m1/s1. The zero-order valence-electron chi connectivity index (χ0n) is 11.8. The van der Waals surface area contributed by atoms with Crippen molar-refractivity contribution in [3.63, 3.8) is 0 Å². The maximum absolute atomic E-state index is 6.16. The summed E-state index contributed by atoms with van der Waals surface area (Å²) in [4.78, 5) is 0. The summed E-state index contributed by atoms with van der Waals surface area (Å²) in [5.41, 5.74) is -0.378. The Morgan fingerprint density at radius 2 is 1.84 bits per heavy atom. The van der Waals surface area contributed by atoms with Gasteiger partial charge < -0.3 is 18.9 Å². The molecular formula is C15H22O4. The Kier molecular flexibility index (Phi) is 3.29. The maximum Gasteiger partial charge on any atom is 0.0886 e. The summed E-state index contributed by atoms with van der Waals surface area (Å²) in [6.45, 7) is 1.24. The minimum atomic E-state index is -0.194. The summed E-state index contributed by atoms with van der Waals surface area (Å²) in [7, 11) is 5.26. The molecular weight excluding hydrogens is 244 g/mol. The van der Waals surface area contributed by atoms with Crippen LogP contribution in [0.3, 0.4) is 0 Å². The van der Waals surface area contributed by atoms with Gasteiger partial charge in [-0.25, -0.2) is 0 Å². The van der Waals surface area contributed by atoms with Crippen LogP contribution in [0.1, 0.15) is 6.42 Å². The Morgan fingerprint density at radius 1 is 1.11 bits per heavy atom. The number of hydrogen-bond acceptors (Lipinski definition) is 4. The minimum Gasteiger partial charge on any atom is -0.384 e. The van der Waals surface area contributed by atoms with Crippen molar-refractivity contribution in [2.45, 2.75) is 24.7 Å². The van der Waals surface area contributed by atoms with E-state index in [1.54, 1.807) is 21.3 Å². The van der Waals surface area contributed by atoms with Gasteiger partial charge in [0.05, 0.1) is 42.4 Å². The Morgan fingerprint density at radius 3 is 2.53 bits per heavy atom. The fourth-order valence-corrected chi connectivity index (χ4v) is 4.27. The van der Waals surface area contributed by atoms with E-state index in [2.05, 4.69) is 24.3 Å². The van der Waals surface area contributed by atoms with Crippen LogP contribution >= 0.6 is 0 Å². The molecule has 19 heavy (non-hydrogen) atoms. The molecule has 5 atom stereocenters. The Balaban J connectivity index is 2.12. The van der Waals surface area contributed by atoms with Gasteiger partial charge in [0.25, 0.3) is 0 Å². The molecule has 4 heteroatoms. The van der Waals surface area contributed by atoms with Crippen molar-refractivity contribution >= 4 is 0 Å². The Bertz CT molecular complexity index is 405. The van der Waals surface area contributed by atoms with Crippen molar-refractivity contribution in [2.24, 2.45) is 10.8 Å². The summed E-state index contributed by atoms with van der Waals surface area (Å²) in [5, 5.41) is 0. The van der Waals surface area contributed by atoms with Crippen molar-refractivity contribution in [2.75, 3.05) is 34.5 Å². The number of rotatable bonds is 5. The van der Waals surface area contributed by atoms with Gasteiger partial charge in [0, 0.05) is 21.3 Å². The summed E-state index contributed by atoms with van der Waals surface area (Å²) < 4.78 is 23.0. The van der Waals surface area contributed by atoms with E-state index in [1.807, 2.05) is 0 Å². The lowest BCUT2D eigenvalue weighted by Gasteiger charge is -2.52. The van der Waals surface area contributed by atoms with Crippen LogP contribution in [0.2, 0.25) is 0 Å². The van der Waals surface area contributed by atoms with Gasteiger partial charge in [-0.2, -0.15) is 0 Å². The van der Waals surface area contributed by atoms with E-state index in [1.165, 1.54) is 0 Å². The fourth-order valence-electron chi connectivity index (χ4n) is 4.27. The molecule has 0 N–H and O–H groups in total. The molecule has 106 valence electrons. The summed E-state index contributed by atoms with van der Waals surface area (Å²) in [6, 6.07) is 0. The van der Waals surface area contributed by atoms with Crippen molar-refractivity contribution in [3.05, 3.63) is 24.3 Å². The molecule has 2 bridgehead atoms. The molecule has 1 fully saturated rings. The first-order valence-electron chi connectivity index (χ1n) is 6.77. The lowest BCUT2D eigenvalue weighted by molar-refractivity contribution is -0.130. The van der Waals surface area contributed by atoms with Crippen molar-refractivity contribution in [1.82, 2.24) is 0 Å². The number of fused-ring (bicyclic) bond motifs is 5. The van der Waals surface area contributed by atoms with Crippen molar-refractivity contribution < 1.29 is 18.9 Å².